The van der Waals surface area contributed by atoms with Gasteiger partial charge < -0.3 is 14.2 Å². The van der Waals surface area contributed by atoms with Crippen LogP contribution < -0.4 is 0 Å². The van der Waals surface area contributed by atoms with Crippen LogP contribution in [0.1, 0.15) is 252 Å². The molecule has 0 aromatic carbocycles. The molecule has 0 amide bonds. The zero-order valence-electron chi connectivity index (χ0n) is 46.9. The zero-order valence-corrected chi connectivity index (χ0v) is 46.9. The number of hydrogen-bond acceptors (Lipinski definition) is 5. The number of unbranched alkanes of at least 4 members (excludes halogenated alkanes) is 20. The van der Waals surface area contributed by atoms with Gasteiger partial charge in [0.2, 0.25) is 0 Å². The first-order valence-corrected chi connectivity index (χ1v) is 29.7. The van der Waals surface area contributed by atoms with Crippen molar-refractivity contribution in [3.8, 4) is 0 Å². The molecule has 0 rings (SSSR count). The van der Waals surface area contributed by atoms with Crippen LogP contribution in [-0.4, -0.2) is 37.9 Å². The third kappa shape index (κ3) is 58.6. The summed E-state index contributed by atoms with van der Waals surface area (Å²) in [6.07, 6.45) is 87.7. The largest absolute Gasteiger partial charge is 0.462 e. The molecule has 5 heteroatoms. The van der Waals surface area contributed by atoms with Crippen molar-refractivity contribution in [2.24, 2.45) is 0 Å². The number of carbonyl (C=O) groups excluding carboxylic acids is 2. The summed E-state index contributed by atoms with van der Waals surface area (Å²) in [7, 11) is 0. The van der Waals surface area contributed by atoms with E-state index in [1.807, 2.05) is 6.08 Å². The van der Waals surface area contributed by atoms with Gasteiger partial charge in [-0.1, -0.05) is 251 Å². The fourth-order valence-electron chi connectivity index (χ4n) is 7.82. The summed E-state index contributed by atoms with van der Waals surface area (Å²) >= 11 is 0. The van der Waals surface area contributed by atoms with E-state index in [4.69, 9.17) is 14.2 Å². The van der Waals surface area contributed by atoms with Crippen LogP contribution in [0.4, 0.5) is 0 Å². The van der Waals surface area contributed by atoms with Gasteiger partial charge in [0.15, 0.2) is 6.10 Å². The van der Waals surface area contributed by atoms with E-state index >= 15 is 0 Å². The molecule has 1 unspecified atom stereocenters. The van der Waals surface area contributed by atoms with E-state index in [1.165, 1.54) is 116 Å². The zero-order chi connectivity index (χ0) is 52.0. The van der Waals surface area contributed by atoms with Crippen LogP contribution >= 0.6 is 0 Å². The minimum Gasteiger partial charge on any atom is -0.462 e. The first-order chi connectivity index (χ1) is 35.6. The number of allylic oxidation sites excluding steroid dienone is 22. The lowest BCUT2D eigenvalue weighted by atomic mass is 10.1. The second-order valence-corrected chi connectivity index (χ2v) is 19.1. The molecular formula is C67H110O5. The minimum atomic E-state index is -0.584. The Labute approximate surface area is 445 Å². The summed E-state index contributed by atoms with van der Waals surface area (Å²) in [5.41, 5.74) is 0. The van der Waals surface area contributed by atoms with Crippen molar-refractivity contribution in [1.82, 2.24) is 0 Å². The Kier molecular flexibility index (Phi) is 58.0. The number of esters is 2. The summed E-state index contributed by atoms with van der Waals surface area (Å²) in [5, 5.41) is 0. The number of ether oxygens (including phenoxy) is 3. The second kappa shape index (κ2) is 61.3. The summed E-state index contributed by atoms with van der Waals surface area (Å²) in [4.78, 5) is 25.5. The molecule has 0 N–H and O–H groups in total. The van der Waals surface area contributed by atoms with Gasteiger partial charge in [0.1, 0.15) is 6.61 Å². The van der Waals surface area contributed by atoms with Crippen LogP contribution in [-0.2, 0) is 23.8 Å². The predicted molar refractivity (Wildman–Crippen MR) is 315 cm³/mol. The highest BCUT2D eigenvalue weighted by molar-refractivity contribution is 5.70. The van der Waals surface area contributed by atoms with Crippen molar-refractivity contribution in [2.75, 3.05) is 19.8 Å². The van der Waals surface area contributed by atoms with Crippen LogP contribution in [0, 0.1) is 0 Å². The summed E-state index contributed by atoms with van der Waals surface area (Å²) < 4.78 is 17.4. The molecule has 0 heterocycles. The standard InChI is InChI=1S/C67H110O5/c1-4-7-10-13-16-19-22-25-28-31-34-36-39-42-45-48-51-54-57-60-66(68)71-64-65(63-70-62-59-56-53-50-47-44-41-38-33-30-27-24-21-18-15-12-9-6-3)72-67(69)61-58-55-52-49-46-43-40-37-35-32-29-26-23-20-17-14-11-8-5-2/h7,9-10,12,16-21,25-30,34,36,42,45,51,54,65H,4-6,8,11,13-15,22-24,31-33,35,37-41,43-44,46-50,52-53,55-64H2,1-3H3/b10-7-,12-9-,19-16-,20-17-,21-18-,28-25-,29-26-,30-27-,36-34-,45-42-,54-51-. The van der Waals surface area contributed by atoms with Gasteiger partial charge in [-0.3, -0.25) is 9.59 Å². The maximum absolute atomic E-state index is 12.9. The van der Waals surface area contributed by atoms with Gasteiger partial charge in [-0.15, -0.1) is 0 Å². The molecule has 5 nitrogen and oxygen atoms in total. The van der Waals surface area contributed by atoms with Gasteiger partial charge in [0, 0.05) is 19.4 Å². The van der Waals surface area contributed by atoms with Crippen molar-refractivity contribution in [2.45, 2.75) is 258 Å². The van der Waals surface area contributed by atoms with Crippen molar-refractivity contribution in [3.05, 3.63) is 134 Å². The number of hydrogen-bond donors (Lipinski definition) is 0. The highest BCUT2D eigenvalue weighted by atomic mass is 16.6. The minimum absolute atomic E-state index is 0.0327. The van der Waals surface area contributed by atoms with Crippen molar-refractivity contribution >= 4 is 11.9 Å². The van der Waals surface area contributed by atoms with Crippen LogP contribution in [0.3, 0.4) is 0 Å². The average Bonchev–Trinajstić information content (AvgIpc) is 3.38. The number of carbonyl (C=O) groups is 2. The maximum atomic E-state index is 12.9. The van der Waals surface area contributed by atoms with E-state index in [-0.39, 0.29) is 25.2 Å². The topological polar surface area (TPSA) is 61.8 Å². The van der Waals surface area contributed by atoms with Crippen LogP contribution in [0.25, 0.3) is 0 Å². The first-order valence-electron chi connectivity index (χ1n) is 29.7. The lowest BCUT2D eigenvalue weighted by Gasteiger charge is -2.18. The van der Waals surface area contributed by atoms with E-state index < -0.39 is 6.10 Å². The van der Waals surface area contributed by atoms with E-state index in [9.17, 15) is 9.59 Å². The van der Waals surface area contributed by atoms with E-state index in [0.29, 0.717) is 25.9 Å². The quantitative estimate of drug-likeness (QED) is 0.0345. The molecule has 0 aliphatic rings. The Morgan fingerprint density at radius 2 is 0.653 bits per heavy atom. The van der Waals surface area contributed by atoms with E-state index in [2.05, 4.69) is 148 Å². The maximum Gasteiger partial charge on any atom is 0.306 e. The highest BCUT2D eigenvalue weighted by Crippen LogP contribution is 2.14. The van der Waals surface area contributed by atoms with Gasteiger partial charge >= 0.3 is 11.9 Å². The van der Waals surface area contributed by atoms with Gasteiger partial charge in [0.05, 0.1) is 6.61 Å². The molecule has 1 atom stereocenters. The third-order valence-electron chi connectivity index (χ3n) is 12.2. The molecule has 0 bridgehead atoms. The Morgan fingerprint density at radius 3 is 1.06 bits per heavy atom. The Hall–Kier alpha value is -3.96. The monoisotopic (exact) mass is 995 g/mol. The molecule has 408 valence electrons. The van der Waals surface area contributed by atoms with Crippen LogP contribution in [0.2, 0.25) is 0 Å². The molecule has 0 radical (unpaired) electrons. The molecule has 0 aliphatic carbocycles. The van der Waals surface area contributed by atoms with Gasteiger partial charge in [-0.2, -0.15) is 0 Å². The van der Waals surface area contributed by atoms with Crippen molar-refractivity contribution in [1.29, 1.82) is 0 Å². The smallest absolute Gasteiger partial charge is 0.306 e. The normalized spacial score (nSPS) is 13.2. The summed E-state index contributed by atoms with van der Waals surface area (Å²) in [6.45, 7) is 7.48. The predicted octanol–water partition coefficient (Wildman–Crippen LogP) is 20.7. The Balaban J connectivity index is 4.43. The van der Waals surface area contributed by atoms with Crippen LogP contribution in [0.5, 0.6) is 0 Å². The van der Waals surface area contributed by atoms with Gasteiger partial charge in [-0.05, 0) is 122 Å². The highest BCUT2D eigenvalue weighted by Gasteiger charge is 2.17. The third-order valence-corrected chi connectivity index (χ3v) is 12.2. The average molecular weight is 996 g/mol. The molecule has 0 aliphatic heterocycles. The molecule has 0 fully saturated rings. The lowest BCUT2D eigenvalue weighted by Crippen LogP contribution is -2.30. The lowest BCUT2D eigenvalue weighted by molar-refractivity contribution is -0.162. The van der Waals surface area contributed by atoms with Gasteiger partial charge in [-0.25, -0.2) is 0 Å². The molecule has 0 spiro atoms. The SMILES string of the molecule is CC/C=C\C/C=C\C/C=C\C/C=C\C/C=C\C/C=C\CCC(=O)OCC(COCCCCCCCCCC/C=C\C/C=C\C/C=C\CC)OC(=O)CCCCCCCCCCC/C=C\C/C=C\CCCCC. The van der Waals surface area contributed by atoms with Gasteiger partial charge in [0.25, 0.3) is 0 Å². The molecule has 0 aromatic heterocycles. The van der Waals surface area contributed by atoms with Crippen molar-refractivity contribution in [3.63, 3.8) is 0 Å². The van der Waals surface area contributed by atoms with E-state index in [1.54, 1.807) is 0 Å². The Morgan fingerprint density at radius 1 is 0.319 bits per heavy atom. The second-order valence-electron chi connectivity index (χ2n) is 19.1. The summed E-state index contributed by atoms with van der Waals surface area (Å²) in [6, 6.07) is 0. The summed E-state index contributed by atoms with van der Waals surface area (Å²) in [5.74, 6) is -0.506. The molecule has 0 saturated carbocycles. The first kappa shape index (κ1) is 68.0. The molecule has 72 heavy (non-hydrogen) atoms. The fourth-order valence-corrected chi connectivity index (χ4v) is 7.82. The van der Waals surface area contributed by atoms with Crippen LogP contribution in [0.15, 0.2) is 134 Å². The Bertz CT molecular complexity index is 1500. The van der Waals surface area contributed by atoms with E-state index in [0.717, 1.165) is 96.3 Å². The molecule has 0 aromatic rings. The number of rotatable bonds is 53. The molecule has 0 saturated heterocycles. The fraction of sp³-hybridized carbons (Fsp3) is 0.642. The molecular weight excluding hydrogens is 885 g/mol. The van der Waals surface area contributed by atoms with Crippen molar-refractivity contribution < 1.29 is 23.8 Å².